The largest absolute Gasteiger partial charge is 0.481 e. The van der Waals surface area contributed by atoms with Crippen LogP contribution in [0.25, 0.3) is 0 Å². The lowest BCUT2D eigenvalue weighted by Gasteiger charge is -2.09. The van der Waals surface area contributed by atoms with Crippen molar-refractivity contribution in [2.24, 2.45) is 5.73 Å². The van der Waals surface area contributed by atoms with Gasteiger partial charge in [0.05, 0.1) is 18.8 Å². The van der Waals surface area contributed by atoms with Crippen molar-refractivity contribution in [2.75, 3.05) is 7.11 Å². The molecule has 19 heavy (non-hydrogen) atoms. The van der Waals surface area contributed by atoms with E-state index in [4.69, 9.17) is 10.5 Å². The van der Waals surface area contributed by atoms with Crippen LogP contribution in [0.4, 0.5) is 4.39 Å². The molecule has 0 amide bonds. The van der Waals surface area contributed by atoms with Crippen molar-refractivity contribution in [1.29, 1.82) is 0 Å². The Labute approximate surface area is 111 Å². The fourth-order valence-corrected chi connectivity index (χ4v) is 1.70. The van der Waals surface area contributed by atoms with Gasteiger partial charge in [-0.25, -0.2) is 9.37 Å². The first-order valence-electron chi connectivity index (χ1n) is 6.00. The number of ether oxygens (including phenoxy) is 1. The van der Waals surface area contributed by atoms with Crippen molar-refractivity contribution < 1.29 is 9.13 Å². The van der Waals surface area contributed by atoms with E-state index < -0.39 is 0 Å². The van der Waals surface area contributed by atoms with Crippen LogP contribution >= 0.6 is 0 Å². The molecule has 2 aromatic rings. The van der Waals surface area contributed by atoms with E-state index >= 15 is 0 Å². The van der Waals surface area contributed by atoms with Gasteiger partial charge in [-0.2, -0.15) is 4.98 Å². The Bertz CT molecular complexity index is 555. The second-order valence-corrected chi connectivity index (χ2v) is 4.35. The zero-order chi connectivity index (χ0) is 13.8. The number of methoxy groups -OCH3 is 1. The summed E-state index contributed by atoms with van der Waals surface area (Å²) in [7, 11) is 1.55. The molecule has 0 spiro atoms. The molecule has 1 unspecified atom stereocenters. The average Bonchev–Trinajstić information content (AvgIpc) is 2.41. The molecule has 0 aliphatic heterocycles. The monoisotopic (exact) mass is 261 g/mol. The van der Waals surface area contributed by atoms with Gasteiger partial charge >= 0.3 is 0 Å². The SMILES string of the molecule is COc1cc(Cc2ccc(F)cc2)nc(C(C)N)n1. The third kappa shape index (κ3) is 3.48. The number of aromatic nitrogens is 2. The molecule has 1 heterocycles. The number of hydrogen-bond acceptors (Lipinski definition) is 4. The number of benzene rings is 1. The molecule has 5 heteroatoms. The first-order chi connectivity index (χ1) is 9.08. The Morgan fingerprint density at radius 1 is 1.26 bits per heavy atom. The van der Waals surface area contributed by atoms with Gasteiger partial charge < -0.3 is 10.5 Å². The molecule has 1 aromatic carbocycles. The van der Waals surface area contributed by atoms with E-state index in [0.29, 0.717) is 18.1 Å². The topological polar surface area (TPSA) is 61.0 Å². The summed E-state index contributed by atoms with van der Waals surface area (Å²) in [6.45, 7) is 1.82. The van der Waals surface area contributed by atoms with Gasteiger partial charge in [-0.3, -0.25) is 0 Å². The summed E-state index contributed by atoms with van der Waals surface area (Å²) in [4.78, 5) is 8.58. The highest BCUT2D eigenvalue weighted by molar-refractivity contribution is 5.25. The summed E-state index contributed by atoms with van der Waals surface area (Å²) in [6.07, 6.45) is 0.582. The number of halogens is 1. The lowest BCUT2D eigenvalue weighted by molar-refractivity contribution is 0.392. The maximum atomic E-state index is 12.9. The fourth-order valence-electron chi connectivity index (χ4n) is 1.70. The normalized spacial score (nSPS) is 12.2. The summed E-state index contributed by atoms with van der Waals surface area (Å²) < 4.78 is 18.0. The van der Waals surface area contributed by atoms with Crippen LogP contribution in [0, 0.1) is 5.82 Å². The van der Waals surface area contributed by atoms with Gasteiger partial charge in [-0.15, -0.1) is 0 Å². The zero-order valence-corrected chi connectivity index (χ0v) is 10.9. The minimum Gasteiger partial charge on any atom is -0.481 e. The van der Waals surface area contributed by atoms with Crippen LogP contribution in [0.5, 0.6) is 5.88 Å². The van der Waals surface area contributed by atoms with E-state index in [2.05, 4.69) is 9.97 Å². The molecule has 100 valence electrons. The van der Waals surface area contributed by atoms with Crippen LogP contribution in [0.1, 0.15) is 30.0 Å². The van der Waals surface area contributed by atoms with Crippen LogP contribution < -0.4 is 10.5 Å². The van der Waals surface area contributed by atoms with Crippen LogP contribution in [0.15, 0.2) is 30.3 Å². The lowest BCUT2D eigenvalue weighted by Crippen LogP contribution is -2.12. The number of nitrogens with two attached hydrogens (primary N) is 1. The predicted octanol–water partition coefficient (Wildman–Crippen LogP) is 2.23. The molecular formula is C14H16FN3O. The van der Waals surface area contributed by atoms with E-state index in [-0.39, 0.29) is 11.9 Å². The Balaban J connectivity index is 2.28. The number of hydrogen-bond donors (Lipinski definition) is 1. The molecule has 1 atom stereocenters. The zero-order valence-electron chi connectivity index (χ0n) is 10.9. The molecule has 2 rings (SSSR count). The van der Waals surface area contributed by atoms with Gasteiger partial charge in [0.25, 0.3) is 0 Å². The lowest BCUT2D eigenvalue weighted by atomic mass is 10.1. The Hall–Kier alpha value is -2.01. The van der Waals surface area contributed by atoms with Crippen molar-refractivity contribution in [3.63, 3.8) is 0 Å². The molecular weight excluding hydrogens is 245 g/mol. The maximum Gasteiger partial charge on any atom is 0.216 e. The molecule has 2 N–H and O–H groups in total. The van der Waals surface area contributed by atoms with Crippen molar-refractivity contribution in [3.8, 4) is 5.88 Å². The second-order valence-electron chi connectivity index (χ2n) is 4.35. The van der Waals surface area contributed by atoms with Gasteiger partial charge in [-0.1, -0.05) is 12.1 Å². The van der Waals surface area contributed by atoms with Crippen molar-refractivity contribution in [3.05, 3.63) is 53.2 Å². The van der Waals surface area contributed by atoms with Crippen molar-refractivity contribution in [1.82, 2.24) is 9.97 Å². The van der Waals surface area contributed by atoms with Gasteiger partial charge in [0.1, 0.15) is 11.6 Å². The highest BCUT2D eigenvalue weighted by Gasteiger charge is 2.09. The summed E-state index contributed by atoms with van der Waals surface area (Å²) in [5, 5.41) is 0. The Morgan fingerprint density at radius 3 is 2.53 bits per heavy atom. The van der Waals surface area contributed by atoms with Crippen molar-refractivity contribution in [2.45, 2.75) is 19.4 Å². The van der Waals surface area contributed by atoms with E-state index in [1.807, 2.05) is 6.92 Å². The fraction of sp³-hybridized carbons (Fsp3) is 0.286. The highest BCUT2D eigenvalue weighted by Crippen LogP contribution is 2.16. The number of nitrogens with zero attached hydrogens (tertiary/aromatic N) is 2. The van der Waals surface area contributed by atoms with Crippen LogP contribution in [0.3, 0.4) is 0 Å². The minimum atomic E-state index is -0.262. The van der Waals surface area contributed by atoms with Gasteiger partial charge in [0.2, 0.25) is 5.88 Å². The summed E-state index contributed by atoms with van der Waals surface area (Å²) in [5.74, 6) is 0.774. The summed E-state index contributed by atoms with van der Waals surface area (Å²) in [6, 6.07) is 7.82. The molecule has 0 aliphatic rings. The Kier molecular flexibility index (Phi) is 4.06. The van der Waals surface area contributed by atoms with E-state index in [1.54, 1.807) is 25.3 Å². The number of rotatable bonds is 4. The molecule has 0 saturated heterocycles. The van der Waals surface area contributed by atoms with E-state index in [9.17, 15) is 4.39 Å². The third-order valence-corrected chi connectivity index (χ3v) is 2.69. The minimum absolute atomic E-state index is 0.250. The molecule has 0 fully saturated rings. The van der Waals surface area contributed by atoms with E-state index in [1.165, 1.54) is 12.1 Å². The maximum absolute atomic E-state index is 12.9. The van der Waals surface area contributed by atoms with Crippen LogP contribution in [-0.4, -0.2) is 17.1 Å². The predicted molar refractivity (Wildman–Crippen MR) is 70.4 cm³/mol. The second kappa shape index (κ2) is 5.75. The van der Waals surface area contributed by atoms with Crippen LogP contribution in [0.2, 0.25) is 0 Å². The summed E-state index contributed by atoms with van der Waals surface area (Å²) in [5.41, 5.74) is 7.56. The molecule has 1 aromatic heterocycles. The summed E-state index contributed by atoms with van der Waals surface area (Å²) >= 11 is 0. The first-order valence-corrected chi connectivity index (χ1v) is 6.00. The molecule has 4 nitrogen and oxygen atoms in total. The van der Waals surface area contributed by atoms with Crippen molar-refractivity contribution >= 4 is 0 Å². The van der Waals surface area contributed by atoms with Gasteiger partial charge in [0.15, 0.2) is 0 Å². The quantitative estimate of drug-likeness (QED) is 0.916. The average molecular weight is 261 g/mol. The Morgan fingerprint density at radius 2 is 1.95 bits per heavy atom. The van der Waals surface area contributed by atoms with Gasteiger partial charge in [-0.05, 0) is 24.6 Å². The first kappa shape index (κ1) is 13.4. The van der Waals surface area contributed by atoms with Crippen LogP contribution in [-0.2, 0) is 6.42 Å². The molecule has 0 aliphatic carbocycles. The molecule has 0 radical (unpaired) electrons. The van der Waals surface area contributed by atoms with Gasteiger partial charge in [0, 0.05) is 12.5 Å². The highest BCUT2D eigenvalue weighted by atomic mass is 19.1. The molecule has 0 saturated carbocycles. The third-order valence-electron chi connectivity index (χ3n) is 2.69. The standard InChI is InChI=1S/C14H16FN3O/c1-9(16)14-17-12(8-13(18-14)19-2)7-10-3-5-11(15)6-4-10/h3-6,8-9H,7,16H2,1-2H3. The van der Waals surface area contributed by atoms with E-state index in [0.717, 1.165) is 11.3 Å². The molecule has 0 bridgehead atoms. The smallest absolute Gasteiger partial charge is 0.216 e.